The van der Waals surface area contributed by atoms with Crippen molar-refractivity contribution in [2.24, 2.45) is 0 Å². The first-order valence-corrected chi connectivity index (χ1v) is 5.61. The minimum absolute atomic E-state index is 0.219. The van der Waals surface area contributed by atoms with Gasteiger partial charge in [0.2, 0.25) is 0 Å². The lowest BCUT2D eigenvalue weighted by molar-refractivity contribution is 0.246. The lowest BCUT2D eigenvalue weighted by atomic mass is 10.1. The van der Waals surface area contributed by atoms with Crippen molar-refractivity contribution >= 4 is 11.6 Å². The number of hydrogen-bond donors (Lipinski definition) is 0. The second-order valence-electron chi connectivity index (χ2n) is 3.89. The van der Waals surface area contributed by atoms with Gasteiger partial charge < -0.3 is 0 Å². The quantitative estimate of drug-likeness (QED) is 0.748. The molecule has 0 atom stereocenters. The number of likely N-dealkylation sites (tertiary alicyclic amines) is 1. The Labute approximate surface area is 94.8 Å². The van der Waals surface area contributed by atoms with Crippen LogP contribution in [-0.4, -0.2) is 18.0 Å². The molecule has 1 radical (unpaired) electrons. The summed E-state index contributed by atoms with van der Waals surface area (Å²) in [5.41, 5.74) is 1.09. The van der Waals surface area contributed by atoms with E-state index in [4.69, 9.17) is 11.6 Å². The summed E-state index contributed by atoms with van der Waals surface area (Å²) in [5, 5.41) is 0.219. The van der Waals surface area contributed by atoms with Crippen LogP contribution in [0.25, 0.3) is 0 Å². The Hall–Kier alpha value is -0.600. The number of rotatable bonds is 2. The zero-order valence-electron chi connectivity index (χ0n) is 8.55. The molecule has 0 amide bonds. The lowest BCUT2D eigenvalue weighted by Gasteiger charge is -2.26. The van der Waals surface area contributed by atoms with Crippen molar-refractivity contribution in [2.75, 3.05) is 13.1 Å². The number of nitrogens with zero attached hydrogens (tertiary/aromatic N) is 1. The van der Waals surface area contributed by atoms with Crippen LogP contribution in [0.5, 0.6) is 0 Å². The molecule has 3 heteroatoms. The minimum atomic E-state index is -0.340. The van der Waals surface area contributed by atoms with Crippen LogP contribution in [0, 0.1) is 12.2 Å². The molecule has 1 aromatic carbocycles. The largest absolute Gasteiger partial charge is 0.299 e. The minimum Gasteiger partial charge on any atom is -0.299 e. The van der Waals surface area contributed by atoms with Gasteiger partial charge in [0, 0.05) is 6.54 Å². The Balaban J connectivity index is 2.00. The van der Waals surface area contributed by atoms with Crippen molar-refractivity contribution in [3.05, 3.63) is 41.0 Å². The van der Waals surface area contributed by atoms with Gasteiger partial charge in [-0.15, -0.1) is 0 Å². The molecule has 0 spiro atoms. The summed E-state index contributed by atoms with van der Waals surface area (Å²) < 4.78 is 12.9. The summed E-state index contributed by atoms with van der Waals surface area (Å²) in [5.74, 6) is -0.340. The maximum atomic E-state index is 12.9. The average molecular weight is 227 g/mol. The van der Waals surface area contributed by atoms with Crippen molar-refractivity contribution < 1.29 is 4.39 Å². The van der Waals surface area contributed by atoms with Gasteiger partial charge in [-0.3, -0.25) is 4.90 Å². The zero-order chi connectivity index (χ0) is 10.7. The summed E-state index contributed by atoms with van der Waals surface area (Å²) in [4.78, 5) is 2.36. The van der Waals surface area contributed by atoms with Crippen LogP contribution in [0.4, 0.5) is 4.39 Å². The topological polar surface area (TPSA) is 3.24 Å². The van der Waals surface area contributed by atoms with Gasteiger partial charge in [0.1, 0.15) is 5.82 Å². The average Bonchev–Trinajstić information content (AvgIpc) is 2.25. The highest BCUT2D eigenvalue weighted by Gasteiger charge is 2.11. The molecule has 1 aromatic rings. The fourth-order valence-corrected chi connectivity index (χ4v) is 2.06. The first-order valence-electron chi connectivity index (χ1n) is 5.23. The van der Waals surface area contributed by atoms with Gasteiger partial charge in [0.15, 0.2) is 0 Å². The summed E-state index contributed by atoms with van der Waals surface area (Å²) in [7, 11) is 0. The second-order valence-corrected chi connectivity index (χ2v) is 4.30. The Bertz CT molecular complexity index is 334. The third-order valence-electron chi connectivity index (χ3n) is 2.69. The molecule has 0 N–H and O–H groups in total. The van der Waals surface area contributed by atoms with E-state index >= 15 is 0 Å². The highest BCUT2D eigenvalue weighted by molar-refractivity contribution is 6.30. The van der Waals surface area contributed by atoms with Crippen molar-refractivity contribution in [1.29, 1.82) is 0 Å². The number of halogens is 2. The molecule has 15 heavy (non-hydrogen) atoms. The molecule has 1 aliphatic rings. The molecule has 0 aromatic heterocycles. The van der Waals surface area contributed by atoms with E-state index in [1.807, 2.05) is 0 Å². The SMILES string of the molecule is Fc1ccc(CN2CC[CH]CC2)cc1Cl. The van der Waals surface area contributed by atoms with Crippen LogP contribution in [-0.2, 0) is 6.54 Å². The Kier molecular flexibility index (Phi) is 3.60. The third-order valence-corrected chi connectivity index (χ3v) is 2.98. The van der Waals surface area contributed by atoms with E-state index in [1.54, 1.807) is 12.1 Å². The standard InChI is InChI=1S/C12H14ClFN/c13-11-8-10(4-5-12(11)14)9-15-6-2-1-3-7-15/h1,4-5,8H,2-3,6-7,9H2. The number of hydrogen-bond acceptors (Lipinski definition) is 1. The highest BCUT2D eigenvalue weighted by atomic mass is 35.5. The molecular formula is C12H14ClFN. The Morgan fingerprint density at radius 2 is 2.00 bits per heavy atom. The van der Waals surface area contributed by atoms with Crippen LogP contribution in [0.1, 0.15) is 18.4 Å². The van der Waals surface area contributed by atoms with Crippen LogP contribution < -0.4 is 0 Å². The third kappa shape index (κ3) is 2.93. The van der Waals surface area contributed by atoms with Gasteiger partial charge in [0.25, 0.3) is 0 Å². The monoisotopic (exact) mass is 226 g/mol. The summed E-state index contributed by atoms with van der Waals surface area (Å²) in [6.45, 7) is 3.05. The summed E-state index contributed by atoms with van der Waals surface area (Å²) in [6.07, 6.45) is 4.61. The van der Waals surface area contributed by atoms with E-state index in [2.05, 4.69) is 11.3 Å². The molecule has 1 fully saturated rings. The fraction of sp³-hybridized carbons (Fsp3) is 0.417. The van der Waals surface area contributed by atoms with Gasteiger partial charge in [0.05, 0.1) is 5.02 Å². The molecule has 0 saturated carbocycles. The van der Waals surface area contributed by atoms with Crippen LogP contribution in [0.3, 0.4) is 0 Å². The maximum absolute atomic E-state index is 12.9. The van der Waals surface area contributed by atoms with Crippen LogP contribution in [0.2, 0.25) is 5.02 Å². The smallest absolute Gasteiger partial charge is 0.141 e. The Morgan fingerprint density at radius 3 is 2.67 bits per heavy atom. The van der Waals surface area contributed by atoms with Crippen LogP contribution in [0.15, 0.2) is 18.2 Å². The van der Waals surface area contributed by atoms with Crippen molar-refractivity contribution in [2.45, 2.75) is 19.4 Å². The molecule has 1 nitrogen and oxygen atoms in total. The second kappa shape index (κ2) is 4.95. The first kappa shape index (κ1) is 10.9. The van der Waals surface area contributed by atoms with Crippen molar-refractivity contribution in [1.82, 2.24) is 4.90 Å². The van der Waals surface area contributed by atoms with E-state index in [9.17, 15) is 4.39 Å². The molecule has 2 rings (SSSR count). The van der Waals surface area contributed by atoms with Crippen molar-refractivity contribution in [3.63, 3.8) is 0 Å². The molecule has 0 bridgehead atoms. The maximum Gasteiger partial charge on any atom is 0.141 e. The van der Waals surface area contributed by atoms with E-state index < -0.39 is 0 Å². The van der Waals surface area contributed by atoms with E-state index in [-0.39, 0.29) is 10.8 Å². The van der Waals surface area contributed by atoms with Gasteiger partial charge in [-0.05, 0) is 50.0 Å². The molecule has 0 aliphatic carbocycles. The number of piperidine rings is 1. The molecule has 1 saturated heterocycles. The van der Waals surface area contributed by atoms with E-state index in [1.165, 1.54) is 6.07 Å². The lowest BCUT2D eigenvalue weighted by Crippen LogP contribution is -2.29. The molecule has 0 unspecified atom stereocenters. The number of benzene rings is 1. The molecule has 1 heterocycles. The predicted octanol–water partition coefficient (Wildman–Crippen LogP) is 3.28. The normalized spacial score (nSPS) is 18.0. The van der Waals surface area contributed by atoms with Crippen molar-refractivity contribution in [3.8, 4) is 0 Å². The fourth-order valence-electron chi connectivity index (χ4n) is 1.86. The van der Waals surface area contributed by atoms with Gasteiger partial charge >= 0.3 is 0 Å². The van der Waals surface area contributed by atoms with Gasteiger partial charge in [-0.2, -0.15) is 0 Å². The van der Waals surface area contributed by atoms with Gasteiger partial charge in [-0.1, -0.05) is 17.7 Å². The predicted molar refractivity (Wildman–Crippen MR) is 60.2 cm³/mol. The van der Waals surface area contributed by atoms with E-state index in [0.29, 0.717) is 0 Å². The molecule has 81 valence electrons. The molecular weight excluding hydrogens is 213 g/mol. The highest BCUT2D eigenvalue weighted by Crippen LogP contribution is 2.18. The van der Waals surface area contributed by atoms with Crippen LogP contribution >= 0.6 is 11.6 Å². The summed E-state index contributed by atoms with van der Waals surface area (Å²) in [6, 6.07) is 4.96. The van der Waals surface area contributed by atoms with E-state index in [0.717, 1.165) is 38.0 Å². The summed E-state index contributed by atoms with van der Waals surface area (Å²) >= 11 is 5.73. The Morgan fingerprint density at radius 1 is 1.27 bits per heavy atom. The van der Waals surface area contributed by atoms with Gasteiger partial charge in [-0.25, -0.2) is 4.39 Å². The first-order chi connectivity index (χ1) is 7.25. The molecule has 1 aliphatic heterocycles. The zero-order valence-corrected chi connectivity index (χ0v) is 9.30.